The van der Waals surface area contributed by atoms with Gasteiger partial charge < -0.3 is 4.52 Å². The van der Waals surface area contributed by atoms with Gasteiger partial charge in [0.15, 0.2) is 11.5 Å². The summed E-state index contributed by atoms with van der Waals surface area (Å²) in [4.78, 5) is 28.5. The lowest BCUT2D eigenvalue weighted by molar-refractivity contribution is -0.117. The maximum Gasteiger partial charge on any atom is 0.291 e. The monoisotopic (exact) mass is 384 g/mol. The van der Waals surface area contributed by atoms with E-state index in [0.717, 1.165) is 22.0 Å². The molecule has 2 aromatic heterocycles. The van der Waals surface area contributed by atoms with Gasteiger partial charge in [0, 0.05) is 34.9 Å². The van der Waals surface area contributed by atoms with Crippen LogP contribution in [-0.4, -0.2) is 22.0 Å². The minimum atomic E-state index is -0.579. The van der Waals surface area contributed by atoms with Gasteiger partial charge in [-0.25, -0.2) is 0 Å². The Labute approximate surface area is 166 Å². The molecule has 0 atom stereocenters. The van der Waals surface area contributed by atoms with Crippen molar-refractivity contribution in [1.29, 1.82) is 0 Å². The molecule has 0 aliphatic heterocycles. The average Bonchev–Trinajstić information content (AvgIpc) is 3.27. The predicted molar refractivity (Wildman–Crippen MR) is 108 cm³/mol. The van der Waals surface area contributed by atoms with Crippen LogP contribution in [0, 0.1) is 0 Å². The Balaban J connectivity index is 1.38. The highest BCUT2D eigenvalue weighted by Gasteiger charge is 2.13. The maximum atomic E-state index is 12.2. The zero-order chi connectivity index (χ0) is 20.1. The Morgan fingerprint density at radius 2 is 1.76 bits per heavy atom. The number of fused-ring (bicyclic) bond motifs is 1. The van der Waals surface area contributed by atoms with Crippen molar-refractivity contribution in [2.45, 2.75) is 0 Å². The summed E-state index contributed by atoms with van der Waals surface area (Å²) in [6.07, 6.45) is 4.66. The van der Waals surface area contributed by atoms with Crippen molar-refractivity contribution in [2.24, 2.45) is 0 Å². The first kappa shape index (κ1) is 18.1. The summed E-state index contributed by atoms with van der Waals surface area (Å²) in [5, 5.41) is 4.71. The Morgan fingerprint density at radius 3 is 2.62 bits per heavy atom. The number of benzene rings is 2. The van der Waals surface area contributed by atoms with Gasteiger partial charge in [0.2, 0.25) is 0 Å². The van der Waals surface area contributed by atoms with Gasteiger partial charge in [-0.05, 0) is 12.1 Å². The Bertz CT molecular complexity index is 1190. The normalized spacial score (nSPS) is 10.9. The fraction of sp³-hybridized carbons (Fsp3) is 0. The van der Waals surface area contributed by atoms with Crippen LogP contribution >= 0.6 is 0 Å². The smallest absolute Gasteiger partial charge is 0.291 e. The third-order valence-corrected chi connectivity index (χ3v) is 4.18. The molecule has 0 radical (unpaired) electrons. The van der Waals surface area contributed by atoms with E-state index in [-0.39, 0.29) is 5.69 Å². The molecule has 4 aromatic rings. The zero-order valence-corrected chi connectivity index (χ0v) is 15.2. The maximum absolute atomic E-state index is 12.2. The minimum absolute atomic E-state index is 0.0615. The molecule has 2 amide bonds. The lowest BCUT2D eigenvalue weighted by Gasteiger charge is -2.03. The second-order valence-electron chi connectivity index (χ2n) is 6.14. The van der Waals surface area contributed by atoms with E-state index in [1.54, 1.807) is 12.3 Å². The fourth-order valence-electron chi connectivity index (χ4n) is 2.77. The van der Waals surface area contributed by atoms with Gasteiger partial charge in [-0.15, -0.1) is 0 Å². The van der Waals surface area contributed by atoms with Crippen molar-refractivity contribution in [3.63, 3.8) is 0 Å². The molecule has 0 spiro atoms. The van der Waals surface area contributed by atoms with Crippen LogP contribution in [0.25, 0.3) is 28.3 Å². The number of hydrogen-bond acceptors (Lipinski definition) is 5. The minimum Gasteiger partial charge on any atom is -0.355 e. The summed E-state index contributed by atoms with van der Waals surface area (Å²) in [7, 11) is 0. The summed E-state index contributed by atoms with van der Waals surface area (Å²) in [5.74, 6) is -0.604. The van der Waals surface area contributed by atoms with Gasteiger partial charge in [0.1, 0.15) is 0 Å². The van der Waals surface area contributed by atoms with Gasteiger partial charge in [-0.3, -0.25) is 25.4 Å². The largest absolute Gasteiger partial charge is 0.355 e. The number of rotatable bonds is 4. The summed E-state index contributed by atoms with van der Waals surface area (Å²) in [6, 6.07) is 20.3. The van der Waals surface area contributed by atoms with E-state index in [1.165, 1.54) is 12.1 Å². The van der Waals surface area contributed by atoms with Crippen LogP contribution in [0.3, 0.4) is 0 Å². The first-order valence-electron chi connectivity index (χ1n) is 8.85. The molecule has 2 aromatic carbocycles. The van der Waals surface area contributed by atoms with Gasteiger partial charge in [-0.1, -0.05) is 59.8 Å². The molecule has 142 valence electrons. The van der Waals surface area contributed by atoms with E-state index >= 15 is 0 Å². The Kier molecular flexibility index (Phi) is 5.11. The van der Waals surface area contributed by atoms with E-state index < -0.39 is 11.8 Å². The molecule has 2 N–H and O–H groups in total. The van der Waals surface area contributed by atoms with Crippen molar-refractivity contribution in [3.8, 4) is 11.3 Å². The van der Waals surface area contributed by atoms with Gasteiger partial charge in [0.05, 0.1) is 5.52 Å². The van der Waals surface area contributed by atoms with Crippen LogP contribution < -0.4 is 10.9 Å². The number of para-hydroxylation sites is 1. The molecule has 0 unspecified atom stereocenters. The molecule has 0 aliphatic rings. The number of hydrogen-bond donors (Lipinski definition) is 2. The van der Waals surface area contributed by atoms with Crippen molar-refractivity contribution >= 4 is 28.8 Å². The standard InChI is InChI=1S/C22H16N4O3/c27-20(12-11-17-9-4-8-16-10-5-13-23-21(16)17)24-25-22(28)18-14-19(29-26-18)15-6-2-1-3-7-15/h1-14H,(H,24,27)(H,25,28). The second-order valence-corrected chi connectivity index (χ2v) is 6.14. The van der Waals surface area contributed by atoms with E-state index in [1.807, 2.05) is 60.7 Å². The Morgan fingerprint density at radius 1 is 0.931 bits per heavy atom. The van der Waals surface area contributed by atoms with E-state index in [9.17, 15) is 9.59 Å². The SMILES string of the molecule is O=C(C=Cc1cccc2cccnc12)NNC(=O)c1cc(-c2ccccc2)on1. The summed E-state index contributed by atoms with van der Waals surface area (Å²) in [6.45, 7) is 0. The van der Waals surface area contributed by atoms with Gasteiger partial charge in [0.25, 0.3) is 11.8 Å². The highest BCUT2D eigenvalue weighted by atomic mass is 16.5. The molecule has 4 rings (SSSR count). The van der Waals surface area contributed by atoms with Crippen LogP contribution in [0.15, 0.2) is 83.5 Å². The third-order valence-electron chi connectivity index (χ3n) is 4.18. The van der Waals surface area contributed by atoms with Crippen LogP contribution in [0.4, 0.5) is 0 Å². The van der Waals surface area contributed by atoms with Crippen molar-refractivity contribution in [2.75, 3.05) is 0 Å². The topological polar surface area (TPSA) is 97.1 Å². The van der Waals surface area contributed by atoms with E-state index in [4.69, 9.17) is 4.52 Å². The quantitative estimate of drug-likeness (QED) is 0.415. The van der Waals surface area contributed by atoms with Crippen molar-refractivity contribution < 1.29 is 14.1 Å². The van der Waals surface area contributed by atoms with E-state index in [2.05, 4.69) is 21.0 Å². The number of pyridine rings is 1. The number of carbonyl (C=O) groups excluding carboxylic acids is 2. The van der Waals surface area contributed by atoms with Crippen LogP contribution in [0.2, 0.25) is 0 Å². The highest BCUT2D eigenvalue weighted by molar-refractivity contribution is 5.98. The number of nitrogens with zero attached hydrogens (tertiary/aromatic N) is 2. The highest BCUT2D eigenvalue weighted by Crippen LogP contribution is 2.19. The molecule has 0 aliphatic carbocycles. The molecule has 2 heterocycles. The number of nitrogens with one attached hydrogen (secondary N) is 2. The van der Waals surface area contributed by atoms with Gasteiger partial charge >= 0.3 is 0 Å². The van der Waals surface area contributed by atoms with Crippen LogP contribution in [0.5, 0.6) is 0 Å². The molecule has 7 nitrogen and oxygen atoms in total. The number of hydrazine groups is 1. The molecule has 0 bridgehead atoms. The first-order chi connectivity index (χ1) is 14.2. The number of amides is 2. The molecule has 0 fully saturated rings. The summed E-state index contributed by atoms with van der Waals surface area (Å²) < 4.78 is 5.18. The van der Waals surface area contributed by atoms with Crippen LogP contribution in [0.1, 0.15) is 16.1 Å². The van der Waals surface area contributed by atoms with Crippen molar-refractivity contribution in [1.82, 2.24) is 21.0 Å². The van der Waals surface area contributed by atoms with Crippen molar-refractivity contribution in [3.05, 3.63) is 90.3 Å². The van der Waals surface area contributed by atoms with E-state index in [0.29, 0.717) is 5.76 Å². The lowest BCUT2D eigenvalue weighted by atomic mass is 10.1. The third kappa shape index (κ3) is 4.19. The fourth-order valence-corrected chi connectivity index (χ4v) is 2.77. The molecule has 0 saturated carbocycles. The number of aromatic nitrogens is 2. The second kappa shape index (κ2) is 8.18. The molecule has 29 heavy (non-hydrogen) atoms. The summed E-state index contributed by atoms with van der Waals surface area (Å²) in [5.41, 5.74) is 7.08. The zero-order valence-electron chi connectivity index (χ0n) is 15.2. The number of carbonyl (C=O) groups is 2. The average molecular weight is 384 g/mol. The molecule has 0 saturated heterocycles. The predicted octanol–water partition coefficient (Wildman–Crippen LogP) is 3.36. The summed E-state index contributed by atoms with van der Waals surface area (Å²) >= 11 is 0. The first-order valence-corrected chi connectivity index (χ1v) is 8.85. The van der Waals surface area contributed by atoms with Crippen LogP contribution in [-0.2, 0) is 4.79 Å². The van der Waals surface area contributed by atoms with Gasteiger partial charge in [-0.2, -0.15) is 0 Å². The lowest BCUT2D eigenvalue weighted by Crippen LogP contribution is -2.40. The molecular weight excluding hydrogens is 368 g/mol. The molecular formula is C22H16N4O3. The Hall–Kier alpha value is -4.26. The molecule has 7 heteroatoms.